The van der Waals surface area contributed by atoms with E-state index in [-0.39, 0.29) is 24.9 Å². The summed E-state index contributed by atoms with van der Waals surface area (Å²) in [7, 11) is 0. The van der Waals surface area contributed by atoms with E-state index in [0.717, 1.165) is 77.0 Å². The molecule has 0 aliphatic carbocycles. The van der Waals surface area contributed by atoms with Crippen molar-refractivity contribution in [3.8, 4) is 0 Å². The van der Waals surface area contributed by atoms with Gasteiger partial charge >= 0.3 is 5.97 Å². The highest BCUT2D eigenvalue weighted by Crippen LogP contribution is 2.17. The lowest BCUT2D eigenvalue weighted by atomic mass is 10.0. The third kappa shape index (κ3) is 36.8. The molecule has 6 nitrogen and oxygen atoms in total. The maximum absolute atomic E-state index is 13.1. The number of carbonyl (C=O) groups excluding carboxylic acids is 2. The minimum Gasteiger partial charge on any atom is -0.462 e. The summed E-state index contributed by atoms with van der Waals surface area (Å²) in [6, 6.07) is -0.702. The fourth-order valence-electron chi connectivity index (χ4n) is 6.79. The molecule has 0 aliphatic rings. The molecule has 314 valence electrons. The van der Waals surface area contributed by atoms with Crippen molar-refractivity contribution in [3.63, 3.8) is 0 Å². The van der Waals surface area contributed by atoms with Gasteiger partial charge in [0, 0.05) is 6.42 Å². The predicted octanol–water partition coefficient (Wildman–Crippen LogP) is 13.1. The van der Waals surface area contributed by atoms with E-state index in [2.05, 4.69) is 56.5 Å². The van der Waals surface area contributed by atoms with Crippen LogP contribution in [0.1, 0.15) is 220 Å². The van der Waals surface area contributed by atoms with Crippen LogP contribution >= 0.6 is 0 Å². The van der Waals surface area contributed by atoms with Crippen LogP contribution in [0.4, 0.5) is 0 Å². The highest BCUT2D eigenvalue weighted by atomic mass is 16.5. The minimum atomic E-state index is -0.788. The van der Waals surface area contributed by atoms with E-state index in [4.69, 9.17) is 4.74 Å². The molecule has 0 fully saturated rings. The fourth-order valence-corrected chi connectivity index (χ4v) is 6.79. The van der Waals surface area contributed by atoms with Gasteiger partial charge in [-0.2, -0.15) is 0 Å². The molecule has 0 aromatic heterocycles. The molecule has 0 saturated carbocycles. The van der Waals surface area contributed by atoms with Crippen molar-refractivity contribution in [2.75, 3.05) is 6.61 Å². The number of aliphatic hydroxyl groups is 2. The van der Waals surface area contributed by atoms with Gasteiger partial charge in [-0.15, -0.1) is 0 Å². The molecule has 0 bridgehead atoms. The molecule has 0 aliphatic heterocycles. The van der Waals surface area contributed by atoms with Gasteiger partial charge in [0.25, 0.3) is 0 Å². The van der Waals surface area contributed by atoms with Crippen LogP contribution in [0.25, 0.3) is 0 Å². The van der Waals surface area contributed by atoms with Gasteiger partial charge in [-0.1, -0.05) is 211 Å². The van der Waals surface area contributed by atoms with E-state index in [0.29, 0.717) is 19.3 Å². The quantitative estimate of drug-likeness (QED) is 0.0329. The Balaban J connectivity index is 4.59. The van der Waals surface area contributed by atoms with Crippen LogP contribution in [0.5, 0.6) is 0 Å². The molecule has 3 unspecified atom stereocenters. The monoisotopic (exact) mass is 758 g/mol. The molecule has 0 spiro atoms. The maximum Gasteiger partial charge on any atom is 0.306 e. The molecule has 0 aromatic rings. The van der Waals surface area contributed by atoms with Gasteiger partial charge in [0.1, 0.15) is 6.10 Å². The van der Waals surface area contributed by atoms with Crippen molar-refractivity contribution in [1.29, 1.82) is 0 Å². The first kappa shape index (κ1) is 51.8. The second kappa shape index (κ2) is 42.0. The lowest BCUT2D eigenvalue weighted by molar-refractivity contribution is -0.151. The van der Waals surface area contributed by atoms with Crippen molar-refractivity contribution >= 4 is 11.9 Å². The normalized spacial score (nSPS) is 13.8. The van der Waals surface area contributed by atoms with Gasteiger partial charge in [-0.3, -0.25) is 9.59 Å². The molecule has 1 amide bonds. The van der Waals surface area contributed by atoms with E-state index >= 15 is 0 Å². The maximum atomic E-state index is 13.1. The Morgan fingerprint density at radius 3 is 1.52 bits per heavy atom. The van der Waals surface area contributed by atoms with Crippen LogP contribution in [-0.4, -0.2) is 46.9 Å². The van der Waals surface area contributed by atoms with Crippen LogP contribution in [-0.2, 0) is 14.3 Å². The number of aliphatic hydroxyl groups excluding tert-OH is 2. The topological polar surface area (TPSA) is 95.9 Å². The molecule has 0 rings (SSSR count). The Labute approximate surface area is 334 Å². The second-order valence-electron chi connectivity index (χ2n) is 15.5. The van der Waals surface area contributed by atoms with Crippen LogP contribution < -0.4 is 5.32 Å². The van der Waals surface area contributed by atoms with Crippen molar-refractivity contribution in [1.82, 2.24) is 5.32 Å². The van der Waals surface area contributed by atoms with E-state index in [1.165, 1.54) is 96.3 Å². The van der Waals surface area contributed by atoms with Gasteiger partial charge in [0.05, 0.1) is 25.2 Å². The van der Waals surface area contributed by atoms with E-state index < -0.39 is 18.2 Å². The van der Waals surface area contributed by atoms with Gasteiger partial charge in [0.2, 0.25) is 5.91 Å². The van der Waals surface area contributed by atoms with Crippen LogP contribution in [0.3, 0.4) is 0 Å². The average Bonchev–Trinajstić information content (AvgIpc) is 3.16. The third-order valence-electron chi connectivity index (χ3n) is 10.3. The number of rotatable bonds is 40. The summed E-state index contributed by atoms with van der Waals surface area (Å²) in [4.78, 5) is 26.0. The predicted molar refractivity (Wildman–Crippen MR) is 232 cm³/mol. The van der Waals surface area contributed by atoms with Crippen molar-refractivity contribution in [3.05, 3.63) is 48.6 Å². The summed E-state index contributed by atoms with van der Waals surface area (Å²) in [6.07, 6.45) is 48.8. The Bertz CT molecular complexity index is 941. The number of nitrogens with one attached hydrogen (secondary N) is 1. The van der Waals surface area contributed by atoms with E-state index in [1.54, 1.807) is 0 Å². The summed E-state index contributed by atoms with van der Waals surface area (Å²) in [5.74, 6) is -0.500. The van der Waals surface area contributed by atoms with Gasteiger partial charge in [-0.05, 0) is 44.9 Å². The SMILES string of the molecule is CC/C=C/C=C/C=C/C=C\CCCCCCCC(=O)OC(CCCCCCCCCCCC)CC(=O)NC(CO)C(O)CCCCCCCCCCCC. The third-order valence-corrected chi connectivity index (χ3v) is 10.3. The Morgan fingerprint density at radius 1 is 0.556 bits per heavy atom. The summed E-state index contributed by atoms with van der Waals surface area (Å²) in [5, 5.41) is 23.6. The molecule has 54 heavy (non-hydrogen) atoms. The smallest absolute Gasteiger partial charge is 0.306 e. The van der Waals surface area contributed by atoms with Crippen LogP contribution in [0, 0.1) is 0 Å². The molecular formula is C48H87NO5. The molecule has 3 N–H and O–H groups in total. The summed E-state index contributed by atoms with van der Waals surface area (Å²) >= 11 is 0. The Kier molecular flexibility index (Phi) is 40.3. The first-order chi connectivity index (χ1) is 26.5. The van der Waals surface area contributed by atoms with Crippen molar-refractivity contribution in [2.45, 2.75) is 238 Å². The highest BCUT2D eigenvalue weighted by molar-refractivity contribution is 5.77. The number of esters is 1. The Morgan fingerprint density at radius 2 is 1.00 bits per heavy atom. The zero-order valence-corrected chi connectivity index (χ0v) is 35.6. The highest BCUT2D eigenvalue weighted by Gasteiger charge is 2.24. The first-order valence-electron chi connectivity index (χ1n) is 22.9. The van der Waals surface area contributed by atoms with Gasteiger partial charge in [-0.25, -0.2) is 0 Å². The number of carbonyl (C=O) groups is 2. The number of unbranched alkanes of at least 4 members (excludes halogenated alkanes) is 23. The van der Waals surface area contributed by atoms with Gasteiger partial charge < -0.3 is 20.3 Å². The number of hydrogen-bond donors (Lipinski definition) is 3. The first-order valence-corrected chi connectivity index (χ1v) is 22.9. The zero-order valence-electron chi connectivity index (χ0n) is 35.6. The summed E-state index contributed by atoms with van der Waals surface area (Å²) in [6.45, 7) is 6.31. The lowest BCUT2D eigenvalue weighted by Crippen LogP contribution is -2.46. The number of hydrogen-bond acceptors (Lipinski definition) is 5. The summed E-state index contributed by atoms with van der Waals surface area (Å²) in [5.41, 5.74) is 0. The fraction of sp³-hybridized carbons (Fsp3) is 0.792. The lowest BCUT2D eigenvalue weighted by Gasteiger charge is -2.24. The van der Waals surface area contributed by atoms with E-state index in [9.17, 15) is 19.8 Å². The summed E-state index contributed by atoms with van der Waals surface area (Å²) < 4.78 is 5.89. The molecule has 0 aromatic carbocycles. The van der Waals surface area contributed by atoms with E-state index in [1.807, 2.05) is 18.2 Å². The molecule has 0 radical (unpaired) electrons. The molecule has 6 heteroatoms. The molecular weight excluding hydrogens is 671 g/mol. The van der Waals surface area contributed by atoms with Crippen molar-refractivity contribution < 1.29 is 24.5 Å². The standard InChI is InChI=1S/C48H87NO5/c1-4-7-10-13-16-19-22-23-24-25-26-29-32-35-38-41-48(53)54-44(39-36-33-30-27-20-17-14-11-8-5-2)42-47(52)49-45(43-50)46(51)40-37-34-31-28-21-18-15-12-9-6-3/h7,10,13,16,19,22-24,44-46,50-51H,4-6,8-9,11-12,14-15,17-18,20-21,25-43H2,1-3H3,(H,49,52)/b10-7+,16-13+,22-19+,24-23-. The largest absolute Gasteiger partial charge is 0.462 e. The second-order valence-corrected chi connectivity index (χ2v) is 15.5. The molecule has 0 saturated heterocycles. The van der Waals surface area contributed by atoms with Crippen LogP contribution in [0.2, 0.25) is 0 Å². The minimum absolute atomic E-state index is 0.0690. The number of allylic oxidation sites excluding steroid dienone is 8. The average molecular weight is 758 g/mol. The Hall–Kier alpha value is -2.18. The molecule has 3 atom stereocenters. The zero-order chi connectivity index (χ0) is 39.6. The number of ether oxygens (including phenoxy) is 1. The molecule has 0 heterocycles. The van der Waals surface area contributed by atoms with Crippen molar-refractivity contribution in [2.24, 2.45) is 0 Å². The van der Waals surface area contributed by atoms with Crippen LogP contribution in [0.15, 0.2) is 48.6 Å². The number of amides is 1. The van der Waals surface area contributed by atoms with Gasteiger partial charge in [0.15, 0.2) is 0 Å².